The van der Waals surface area contributed by atoms with Gasteiger partial charge in [0, 0.05) is 19.7 Å². The number of aromatic nitrogens is 3. The maximum absolute atomic E-state index is 12.4. The number of carbonyl (C=O) groups is 1. The number of H-pyrrole nitrogens is 1. The molecule has 140 valence electrons. The second-order valence-corrected chi connectivity index (χ2v) is 7.90. The first kappa shape index (κ1) is 18.9. The van der Waals surface area contributed by atoms with Gasteiger partial charge in [0.25, 0.3) is 5.82 Å². The van der Waals surface area contributed by atoms with Gasteiger partial charge < -0.3 is 15.0 Å². The van der Waals surface area contributed by atoms with E-state index in [9.17, 15) is 4.79 Å². The number of piperazine rings is 1. The summed E-state index contributed by atoms with van der Waals surface area (Å²) in [4.78, 5) is 19.9. The number of hydrogen-bond donors (Lipinski definition) is 1. The highest BCUT2D eigenvalue weighted by Crippen LogP contribution is 2.25. The summed E-state index contributed by atoms with van der Waals surface area (Å²) in [6.45, 7) is 4.46. The minimum Gasteiger partial charge on any atom is -0.383 e. The third-order valence-corrected chi connectivity index (χ3v) is 5.97. The molecule has 2 N–H and O–H groups in total. The zero-order valence-electron chi connectivity index (χ0n) is 14.7. The third kappa shape index (κ3) is 5.29. The van der Waals surface area contributed by atoms with Gasteiger partial charge in [-0.15, -0.1) is 10.2 Å². The molecule has 0 aliphatic carbocycles. The quantitative estimate of drug-likeness (QED) is 0.524. The summed E-state index contributed by atoms with van der Waals surface area (Å²) >= 11 is 2.90. The van der Waals surface area contributed by atoms with E-state index in [4.69, 9.17) is 4.74 Å². The van der Waals surface area contributed by atoms with E-state index in [2.05, 4.69) is 31.5 Å². The number of hydrogen-bond acceptors (Lipinski definition) is 8. The molecule has 26 heavy (non-hydrogen) atoms. The Morgan fingerprint density at radius 1 is 1.35 bits per heavy atom. The van der Waals surface area contributed by atoms with Gasteiger partial charge in [0.15, 0.2) is 4.34 Å². The molecule has 1 fully saturated rings. The minimum atomic E-state index is 0.149. The van der Waals surface area contributed by atoms with E-state index < -0.39 is 0 Å². The van der Waals surface area contributed by atoms with Crippen LogP contribution < -0.4 is 15.2 Å². The van der Waals surface area contributed by atoms with E-state index >= 15 is 0 Å². The number of thioether (sulfide) groups is 1. The summed E-state index contributed by atoms with van der Waals surface area (Å²) in [5.41, 5.74) is 0. The highest BCUT2D eigenvalue weighted by atomic mass is 32.2. The molecule has 0 radical (unpaired) electrons. The van der Waals surface area contributed by atoms with Crippen LogP contribution in [0.15, 0.2) is 28.7 Å². The van der Waals surface area contributed by atoms with Gasteiger partial charge in [-0.2, -0.15) is 0 Å². The van der Waals surface area contributed by atoms with Crippen LogP contribution in [0, 0.1) is 0 Å². The van der Waals surface area contributed by atoms with E-state index in [0.29, 0.717) is 18.9 Å². The lowest BCUT2D eigenvalue weighted by Gasteiger charge is -2.30. The first-order valence-electron chi connectivity index (χ1n) is 8.45. The monoisotopic (exact) mass is 395 g/mol. The molecule has 0 bridgehead atoms. The van der Waals surface area contributed by atoms with Gasteiger partial charge in [-0.25, -0.2) is 4.98 Å². The zero-order chi connectivity index (χ0) is 18.2. The van der Waals surface area contributed by atoms with Crippen molar-refractivity contribution in [1.82, 2.24) is 15.1 Å². The van der Waals surface area contributed by atoms with Gasteiger partial charge in [0.2, 0.25) is 11.0 Å². The molecule has 3 heterocycles. The van der Waals surface area contributed by atoms with E-state index in [1.54, 1.807) is 7.11 Å². The fourth-order valence-corrected chi connectivity index (χ4v) is 4.27. The maximum atomic E-state index is 12.4. The molecule has 2 aromatic heterocycles. The highest BCUT2D eigenvalue weighted by Gasteiger charge is 2.26. The molecule has 0 spiro atoms. The van der Waals surface area contributed by atoms with Crippen LogP contribution in [0.5, 0.6) is 0 Å². The van der Waals surface area contributed by atoms with Crippen molar-refractivity contribution < 1.29 is 14.5 Å². The van der Waals surface area contributed by atoms with Gasteiger partial charge in [0.1, 0.15) is 13.1 Å². The van der Waals surface area contributed by atoms with E-state index in [1.807, 2.05) is 23.2 Å². The predicted molar refractivity (Wildman–Crippen MR) is 103 cm³/mol. The number of nitrogens with one attached hydrogen (secondary N) is 2. The van der Waals surface area contributed by atoms with Crippen molar-refractivity contribution in [2.75, 3.05) is 62.4 Å². The van der Waals surface area contributed by atoms with Crippen LogP contribution in [0.2, 0.25) is 0 Å². The molecule has 0 unspecified atom stereocenters. The molecule has 10 heteroatoms. The van der Waals surface area contributed by atoms with Crippen molar-refractivity contribution >= 4 is 40.0 Å². The Bertz CT molecular complexity index is 691. The largest absolute Gasteiger partial charge is 0.383 e. The lowest BCUT2D eigenvalue weighted by molar-refractivity contribution is -0.364. The van der Waals surface area contributed by atoms with Crippen molar-refractivity contribution in [3.63, 3.8) is 0 Å². The van der Waals surface area contributed by atoms with Gasteiger partial charge in [-0.05, 0) is 6.07 Å². The van der Waals surface area contributed by atoms with Crippen molar-refractivity contribution in [3.8, 4) is 0 Å². The van der Waals surface area contributed by atoms with Crippen LogP contribution in [0.25, 0.3) is 0 Å². The smallest absolute Gasteiger partial charge is 0.274 e. The SMILES string of the molecule is COCCNc1nnc(SCC(=O)N2CCN(c3cccc[nH+]3)CC2)s1. The highest BCUT2D eigenvalue weighted by molar-refractivity contribution is 8.01. The van der Waals surface area contributed by atoms with Crippen molar-refractivity contribution in [3.05, 3.63) is 24.4 Å². The summed E-state index contributed by atoms with van der Waals surface area (Å²) < 4.78 is 5.79. The van der Waals surface area contributed by atoms with Crippen LogP contribution in [-0.2, 0) is 9.53 Å². The topological polar surface area (TPSA) is 84.7 Å². The number of amides is 1. The molecule has 1 aliphatic heterocycles. The number of ether oxygens (including phenoxy) is 1. The predicted octanol–water partition coefficient (Wildman–Crippen LogP) is 0.851. The summed E-state index contributed by atoms with van der Waals surface area (Å²) in [5, 5.41) is 12.1. The Balaban J connectivity index is 1.40. The molecule has 0 atom stereocenters. The number of carbonyl (C=O) groups excluding carboxylic acids is 1. The molecule has 1 aliphatic rings. The van der Waals surface area contributed by atoms with Crippen LogP contribution in [-0.4, -0.2) is 73.2 Å². The summed E-state index contributed by atoms with van der Waals surface area (Å²) in [6.07, 6.45) is 1.92. The van der Waals surface area contributed by atoms with E-state index in [0.717, 1.165) is 41.5 Å². The fourth-order valence-electron chi connectivity index (χ4n) is 2.59. The molecule has 0 saturated carbocycles. The van der Waals surface area contributed by atoms with Crippen molar-refractivity contribution in [1.29, 1.82) is 0 Å². The Hall–Kier alpha value is -1.91. The van der Waals surface area contributed by atoms with Gasteiger partial charge >= 0.3 is 0 Å². The first-order chi connectivity index (χ1) is 12.8. The lowest BCUT2D eigenvalue weighted by atomic mass is 10.3. The molecule has 1 amide bonds. The molecule has 2 aromatic rings. The summed E-state index contributed by atoms with van der Waals surface area (Å²) in [6, 6.07) is 6.04. The number of anilines is 2. The average Bonchev–Trinajstić information content (AvgIpc) is 3.15. The van der Waals surface area contributed by atoms with Crippen LogP contribution in [0.3, 0.4) is 0 Å². The molecular formula is C16H23N6O2S2+. The molecular weight excluding hydrogens is 372 g/mol. The number of nitrogens with zero attached hydrogens (tertiary/aromatic N) is 4. The number of aromatic amines is 1. The molecule has 8 nitrogen and oxygen atoms in total. The second kappa shape index (κ2) is 9.70. The van der Waals surface area contributed by atoms with Gasteiger partial charge in [0.05, 0.1) is 31.6 Å². The van der Waals surface area contributed by atoms with Crippen molar-refractivity contribution in [2.45, 2.75) is 4.34 Å². The average molecular weight is 396 g/mol. The van der Waals surface area contributed by atoms with E-state index in [-0.39, 0.29) is 5.91 Å². The van der Waals surface area contributed by atoms with Crippen LogP contribution >= 0.6 is 23.1 Å². The molecule has 0 aromatic carbocycles. The standard InChI is InChI=1S/C16H22N6O2S2/c1-24-11-6-18-15-19-20-16(26-15)25-12-14(23)22-9-7-21(8-10-22)13-4-2-3-5-17-13/h2-5H,6-12H2,1H3,(H,18,19)/p+1. The Morgan fingerprint density at radius 3 is 2.92 bits per heavy atom. The second-order valence-electron chi connectivity index (χ2n) is 5.70. The Morgan fingerprint density at radius 2 is 2.19 bits per heavy atom. The fraction of sp³-hybridized carbons (Fsp3) is 0.500. The minimum absolute atomic E-state index is 0.149. The molecule has 3 rings (SSSR count). The molecule has 1 saturated heterocycles. The normalized spacial score (nSPS) is 14.5. The Labute approximate surface area is 161 Å². The first-order valence-corrected chi connectivity index (χ1v) is 10.2. The maximum Gasteiger partial charge on any atom is 0.274 e. The Kier molecular flexibility index (Phi) is 7.04. The van der Waals surface area contributed by atoms with Crippen LogP contribution in [0.1, 0.15) is 0 Å². The lowest BCUT2D eigenvalue weighted by Crippen LogP contribution is -2.50. The number of rotatable bonds is 8. The van der Waals surface area contributed by atoms with Crippen molar-refractivity contribution in [2.24, 2.45) is 0 Å². The van der Waals surface area contributed by atoms with E-state index in [1.165, 1.54) is 23.1 Å². The summed E-state index contributed by atoms with van der Waals surface area (Å²) in [7, 11) is 1.66. The van der Waals surface area contributed by atoms with Gasteiger partial charge in [-0.3, -0.25) is 9.69 Å². The van der Waals surface area contributed by atoms with Gasteiger partial charge in [-0.1, -0.05) is 29.2 Å². The number of methoxy groups -OCH3 is 1. The third-order valence-electron chi connectivity index (χ3n) is 3.97. The number of pyridine rings is 1. The zero-order valence-corrected chi connectivity index (χ0v) is 16.3. The van der Waals surface area contributed by atoms with Crippen LogP contribution in [0.4, 0.5) is 10.9 Å². The summed E-state index contributed by atoms with van der Waals surface area (Å²) in [5.74, 6) is 1.64.